The van der Waals surface area contributed by atoms with Crippen LogP contribution >= 0.6 is 23.2 Å². The Morgan fingerprint density at radius 3 is 2.47 bits per heavy atom. The second kappa shape index (κ2) is 4.79. The number of halogens is 2. The minimum atomic E-state index is 0.555. The summed E-state index contributed by atoms with van der Waals surface area (Å²) in [4.78, 5) is 0. The highest BCUT2D eigenvalue weighted by Gasteiger charge is 2.10. The van der Waals surface area contributed by atoms with Crippen molar-refractivity contribution in [1.82, 2.24) is 0 Å². The van der Waals surface area contributed by atoms with Crippen molar-refractivity contribution in [2.75, 3.05) is 0 Å². The van der Waals surface area contributed by atoms with E-state index in [-0.39, 0.29) is 0 Å². The van der Waals surface area contributed by atoms with Gasteiger partial charge in [0.05, 0.1) is 5.56 Å². The normalized spacial score (nSPS) is 10.0. The van der Waals surface area contributed by atoms with Crippen LogP contribution in [-0.2, 0) is 0 Å². The van der Waals surface area contributed by atoms with Gasteiger partial charge in [-0.3, -0.25) is 0 Å². The van der Waals surface area contributed by atoms with Crippen LogP contribution in [0.3, 0.4) is 0 Å². The number of hydrogen-bond donors (Lipinski definition) is 0. The predicted molar refractivity (Wildman–Crippen MR) is 71.4 cm³/mol. The summed E-state index contributed by atoms with van der Waals surface area (Å²) in [5.41, 5.74) is 3.26. The van der Waals surface area contributed by atoms with Gasteiger partial charge in [0.25, 0.3) is 0 Å². The molecule has 84 valence electrons. The molecule has 0 aromatic heterocycles. The molecule has 0 radical (unpaired) electrons. The molecule has 0 aliphatic carbocycles. The first kappa shape index (κ1) is 12.0. The van der Waals surface area contributed by atoms with E-state index in [9.17, 15) is 5.26 Å². The molecule has 0 saturated heterocycles. The summed E-state index contributed by atoms with van der Waals surface area (Å²) in [6.07, 6.45) is 0. The van der Waals surface area contributed by atoms with Crippen molar-refractivity contribution in [3.63, 3.8) is 0 Å². The Labute approximate surface area is 110 Å². The van der Waals surface area contributed by atoms with E-state index in [2.05, 4.69) is 6.07 Å². The van der Waals surface area contributed by atoms with Gasteiger partial charge >= 0.3 is 0 Å². The van der Waals surface area contributed by atoms with Gasteiger partial charge in [0.15, 0.2) is 0 Å². The first-order chi connectivity index (χ1) is 8.13. The molecule has 0 spiro atoms. The number of rotatable bonds is 1. The van der Waals surface area contributed by atoms with Gasteiger partial charge in [-0.2, -0.15) is 5.26 Å². The van der Waals surface area contributed by atoms with Gasteiger partial charge in [-0.05, 0) is 24.6 Å². The summed E-state index contributed by atoms with van der Waals surface area (Å²) in [5.74, 6) is 0. The number of nitrogens with zero attached hydrogens (tertiary/aromatic N) is 1. The maximum atomic E-state index is 9.19. The average molecular weight is 262 g/mol. The molecule has 0 aliphatic rings. The second-order valence-electron chi connectivity index (χ2n) is 3.73. The van der Waals surface area contributed by atoms with Crippen LogP contribution in [0.15, 0.2) is 36.4 Å². The first-order valence-electron chi connectivity index (χ1n) is 5.08. The molecule has 0 atom stereocenters. The summed E-state index contributed by atoms with van der Waals surface area (Å²) in [6, 6.07) is 13.2. The zero-order valence-corrected chi connectivity index (χ0v) is 10.7. The standard InChI is InChI=1S/C14H9Cl2N/c1-9-3-2-4-11(13(9)8-17)12-6-5-10(15)7-14(12)16/h2-7H,1H3. The molecule has 2 rings (SSSR count). The number of benzene rings is 2. The number of hydrogen-bond acceptors (Lipinski definition) is 1. The molecule has 0 fully saturated rings. The average Bonchev–Trinajstić information content (AvgIpc) is 2.29. The monoisotopic (exact) mass is 261 g/mol. The van der Waals surface area contributed by atoms with Crippen LogP contribution in [-0.4, -0.2) is 0 Å². The fourth-order valence-corrected chi connectivity index (χ4v) is 2.26. The van der Waals surface area contributed by atoms with Gasteiger partial charge in [-0.1, -0.05) is 47.5 Å². The molecule has 0 saturated carbocycles. The Bertz CT molecular complexity index is 612. The third-order valence-electron chi connectivity index (χ3n) is 2.61. The molecule has 0 aliphatic heterocycles. The highest BCUT2D eigenvalue weighted by atomic mass is 35.5. The van der Waals surface area contributed by atoms with Gasteiger partial charge in [0.2, 0.25) is 0 Å². The fraction of sp³-hybridized carbons (Fsp3) is 0.0714. The largest absolute Gasteiger partial charge is 0.192 e. The molecule has 0 unspecified atom stereocenters. The lowest BCUT2D eigenvalue weighted by Crippen LogP contribution is -1.89. The van der Waals surface area contributed by atoms with E-state index in [1.54, 1.807) is 12.1 Å². The molecular weight excluding hydrogens is 253 g/mol. The van der Waals surface area contributed by atoms with Crippen LogP contribution in [0.2, 0.25) is 10.0 Å². The van der Waals surface area contributed by atoms with Crippen molar-refractivity contribution in [3.05, 3.63) is 57.6 Å². The van der Waals surface area contributed by atoms with Gasteiger partial charge in [-0.15, -0.1) is 0 Å². The van der Waals surface area contributed by atoms with Crippen molar-refractivity contribution in [2.24, 2.45) is 0 Å². The Morgan fingerprint density at radius 1 is 1.06 bits per heavy atom. The summed E-state index contributed by atoms with van der Waals surface area (Å²) in [6.45, 7) is 1.91. The smallest absolute Gasteiger partial charge is 0.100 e. The molecule has 17 heavy (non-hydrogen) atoms. The van der Waals surface area contributed by atoms with Crippen molar-refractivity contribution in [2.45, 2.75) is 6.92 Å². The molecule has 0 N–H and O–H groups in total. The van der Waals surface area contributed by atoms with Crippen molar-refractivity contribution in [3.8, 4) is 17.2 Å². The van der Waals surface area contributed by atoms with Crippen LogP contribution < -0.4 is 0 Å². The Morgan fingerprint density at radius 2 is 1.82 bits per heavy atom. The van der Waals surface area contributed by atoms with Gasteiger partial charge in [0.1, 0.15) is 6.07 Å². The minimum absolute atomic E-state index is 0.555. The van der Waals surface area contributed by atoms with Crippen LogP contribution in [0, 0.1) is 18.3 Å². The van der Waals surface area contributed by atoms with E-state index in [4.69, 9.17) is 23.2 Å². The van der Waals surface area contributed by atoms with Crippen LogP contribution in [0.1, 0.15) is 11.1 Å². The van der Waals surface area contributed by atoms with E-state index >= 15 is 0 Å². The molecule has 3 heteroatoms. The predicted octanol–water partition coefficient (Wildman–Crippen LogP) is 4.84. The third kappa shape index (κ3) is 2.29. The number of nitriles is 1. The van der Waals surface area contributed by atoms with Crippen molar-refractivity contribution in [1.29, 1.82) is 5.26 Å². The lowest BCUT2D eigenvalue weighted by Gasteiger charge is -2.08. The van der Waals surface area contributed by atoms with Crippen LogP contribution in [0.25, 0.3) is 11.1 Å². The first-order valence-corrected chi connectivity index (χ1v) is 5.84. The fourth-order valence-electron chi connectivity index (χ4n) is 1.75. The quantitative estimate of drug-likeness (QED) is 0.721. The molecule has 0 bridgehead atoms. The van der Waals surface area contributed by atoms with Gasteiger partial charge < -0.3 is 0 Å². The van der Waals surface area contributed by atoms with Gasteiger partial charge in [-0.25, -0.2) is 0 Å². The zero-order valence-electron chi connectivity index (χ0n) is 9.17. The summed E-state index contributed by atoms with van der Waals surface area (Å²) >= 11 is 12.0. The van der Waals surface area contributed by atoms with Crippen LogP contribution in [0.5, 0.6) is 0 Å². The maximum absolute atomic E-state index is 9.19. The Hall–Kier alpha value is -1.49. The molecule has 0 amide bonds. The minimum Gasteiger partial charge on any atom is -0.192 e. The lowest BCUT2D eigenvalue weighted by atomic mass is 9.97. The summed E-state index contributed by atoms with van der Waals surface area (Å²) in [7, 11) is 0. The molecule has 1 nitrogen and oxygen atoms in total. The van der Waals surface area contributed by atoms with E-state index in [1.807, 2.05) is 31.2 Å². The summed E-state index contributed by atoms with van der Waals surface area (Å²) in [5, 5.41) is 10.3. The second-order valence-corrected chi connectivity index (χ2v) is 4.58. The third-order valence-corrected chi connectivity index (χ3v) is 3.15. The van der Waals surface area contributed by atoms with E-state index in [0.717, 1.165) is 16.7 Å². The highest BCUT2D eigenvalue weighted by Crippen LogP contribution is 2.33. The van der Waals surface area contributed by atoms with E-state index in [0.29, 0.717) is 15.6 Å². The SMILES string of the molecule is Cc1cccc(-c2ccc(Cl)cc2Cl)c1C#N. The maximum Gasteiger partial charge on any atom is 0.100 e. The highest BCUT2D eigenvalue weighted by molar-refractivity contribution is 6.36. The van der Waals surface area contributed by atoms with Crippen LogP contribution in [0.4, 0.5) is 0 Å². The number of aryl methyl sites for hydroxylation is 1. The van der Waals surface area contributed by atoms with Crippen molar-refractivity contribution >= 4 is 23.2 Å². The molecule has 0 heterocycles. The van der Waals surface area contributed by atoms with E-state index in [1.165, 1.54) is 0 Å². The molecular formula is C14H9Cl2N. The van der Waals surface area contributed by atoms with Crippen molar-refractivity contribution < 1.29 is 0 Å². The topological polar surface area (TPSA) is 23.8 Å². The summed E-state index contributed by atoms with van der Waals surface area (Å²) < 4.78 is 0. The molecule has 2 aromatic carbocycles. The Kier molecular flexibility index (Phi) is 3.38. The Balaban J connectivity index is 2.69. The zero-order chi connectivity index (χ0) is 12.4. The van der Waals surface area contributed by atoms with Gasteiger partial charge in [0, 0.05) is 21.2 Å². The van der Waals surface area contributed by atoms with E-state index < -0.39 is 0 Å². The lowest BCUT2D eigenvalue weighted by molar-refractivity contribution is 1.39. The molecule has 2 aromatic rings.